The Labute approximate surface area is 104 Å². The second-order valence-corrected chi connectivity index (χ2v) is 3.75. The Morgan fingerprint density at radius 3 is 1.39 bits per heavy atom. The third-order valence-corrected chi connectivity index (χ3v) is 2.26. The fourth-order valence-electron chi connectivity index (χ4n) is 1.28. The summed E-state index contributed by atoms with van der Waals surface area (Å²) in [5.74, 6) is 0. The van der Waals surface area contributed by atoms with E-state index in [9.17, 15) is 20.2 Å². The van der Waals surface area contributed by atoms with Crippen LogP contribution in [0.15, 0.2) is 35.7 Å². The molecule has 0 aliphatic heterocycles. The molecule has 0 bridgehead atoms. The van der Waals surface area contributed by atoms with E-state index in [4.69, 9.17) is 0 Å². The Morgan fingerprint density at radius 2 is 1.17 bits per heavy atom. The highest BCUT2D eigenvalue weighted by atomic mass is 16.6. The third kappa shape index (κ3) is 3.82. The average Bonchev–Trinajstić information content (AvgIpc) is 2.31. The van der Waals surface area contributed by atoms with Gasteiger partial charge in [0.25, 0.3) is 0 Å². The first-order valence-electron chi connectivity index (χ1n) is 5.15. The van der Waals surface area contributed by atoms with E-state index in [2.05, 4.69) is 0 Å². The predicted molar refractivity (Wildman–Crippen MR) is 67.7 cm³/mol. The maximum Gasteiger partial charge on any atom is 0.243 e. The number of benzene rings is 1. The molecule has 0 saturated heterocycles. The summed E-state index contributed by atoms with van der Waals surface area (Å²) in [5, 5.41) is 20.9. The van der Waals surface area contributed by atoms with E-state index in [0.29, 0.717) is 11.1 Å². The zero-order valence-electron chi connectivity index (χ0n) is 9.99. The minimum Gasteiger partial charge on any atom is -0.259 e. The number of hydrogen-bond donors (Lipinski definition) is 0. The van der Waals surface area contributed by atoms with Gasteiger partial charge in [-0.15, -0.1) is 0 Å². The molecule has 0 fully saturated rings. The van der Waals surface area contributed by atoms with Gasteiger partial charge in [-0.25, -0.2) is 0 Å². The topological polar surface area (TPSA) is 86.3 Å². The summed E-state index contributed by atoms with van der Waals surface area (Å²) in [7, 11) is 0. The lowest BCUT2D eigenvalue weighted by Crippen LogP contribution is -1.93. The highest BCUT2D eigenvalue weighted by Crippen LogP contribution is 2.12. The second-order valence-electron chi connectivity index (χ2n) is 3.75. The maximum atomic E-state index is 10.4. The first-order valence-corrected chi connectivity index (χ1v) is 5.15. The van der Waals surface area contributed by atoms with E-state index >= 15 is 0 Å². The fraction of sp³-hybridized carbons (Fsp3) is 0.167. The fourth-order valence-corrected chi connectivity index (χ4v) is 1.28. The number of allylic oxidation sites excluding steroid dienone is 2. The van der Waals surface area contributed by atoms with Crippen LogP contribution in [0.4, 0.5) is 0 Å². The SMILES string of the molecule is CC(=Cc1ccc(C=C(C)[N+](=O)[O-])cc1)[N+](=O)[O-]. The van der Waals surface area contributed by atoms with Gasteiger partial charge in [-0.3, -0.25) is 20.2 Å². The van der Waals surface area contributed by atoms with Gasteiger partial charge in [-0.1, -0.05) is 24.3 Å². The number of hydrogen-bond acceptors (Lipinski definition) is 4. The van der Waals surface area contributed by atoms with Crippen molar-refractivity contribution in [2.75, 3.05) is 0 Å². The van der Waals surface area contributed by atoms with Crippen LogP contribution in [-0.4, -0.2) is 9.85 Å². The lowest BCUT2D eigenvalue weighted by Gasteiger charge is -1.96. The second kappa shape index (κ2) is 5.72. The monoisotopic (exact) mass is 248 g/mol. The van der Waals surface area contributed by atoms with Crippen molar-refractivity contribution in [2.45, 2.75) is 13.8 Å². The van der Waals surface area contributed by atoms with E-state index in [-0.39, 0.29) is 11.4 Å². The van der Waals surface area contributed by atoms with Crippen LogP contribution in [0.1, 0.15) is 25.0 Å². The van der Waals surface area contributed by atoms with Crippen molar-refractivity contribution in [2.24, 2.45) is 0 Å². The zero-order valence-corrected chi connectivity index (χ0v) is 9.99. The lowest BCUT2D eigenvalue weighted by atomic mass is 10.1. The van der Waals surface area contributed by atoms with Gasteiger partial charge in [-0.2, -0.15) is 0 Å². The van der Waals surface area contributed by atoms with Crippen molar-refractivity contribution in [3.05, 3.63) is 67.0 Å². The van der Waals surface area contributed by atoms with Crippen LogP contribution >= 0.6 is 0 Å². The molecule has 6 heteroatoms. The molecule has 94 valence electrons. The molecule has 0 radical (unpaired) electrons. The first kappa shape index (κ1) is 13.6. The molecule has 0 aliphatic carbocycles. The summed E-state index contributed by atoms with van der Waals surface area (Å²) < 4.78 is 0. The highest BCUT2D eigenvalue weighted by Gasteiger charge is 2.03. The minimum absolute atomic E-state index is 0.0414. The molecule has 0 saturated carbocycles. The van der Waals surface area contributed by atoms with Crippen LogP contribution < -0.4 is 0 Å². The van der Waals surface area contributed by atoms with Crippen molar-refractivity contribution in [3.8, 4) is 0 Å². The van der Waals surface area contributed by atoms with Gasteiger partial charge in [0.1, 0.15) is 0 Å². The van der Waals surface area contributed by atoms with E-state index in [1.54, 1.807) is 24.3 Å². The van der Waals surface area contributed by atoms with Gasteiger partial charge in [0, 0.05) is 26.0 Å². The Kier molecular flexibility index (Phi) is 4.31. The van der Waals surface area contributed by atoms with Crippen LogP contribution in [0, 0.1) is 20.2 Å². The zero-order chi connectivity index (χ0) is 13.7. The van der Waals surface area contributed by atoms with Crippen molar-refractivity contribution >= 4 is 12.2 Å². The molecule has 0 N–H and O–H groups in total. The Morgan fingerprint density at radius 1 is 0.889 bits per heavy atom. The maximum absolute atomic E-state index is 10.4. The lowest BCUT2D eigenvalue weighted by molar-refractivity contribution is -0.422. The number of nitro groups is 2. The Bertz CT molecular complexity index is 481. The molecule has 0 atom stereocenters. The first-order chi connectivity index (χ1) is 8.40. The molecule has 6 nitrogen and oxygen atoms in total. The highest BCUT2D eigenvalue weighted by molar-refractivity contribution is 5.56. The standard InChI is InChI=1S/C12H12N2O4/c1-9(13(15)16)7-11-3-5-12(6-4-11)8-10(2)14(17)18/h3-8H,1-2H3. The molecule has 0 aromatic heterocycles. The molecular formula is C12H12N2O4. The van der Waals surface area contributed by atoms with E-state index in [1.165, 1.54) is 26.0 Å². The third-order valence-electron chi connectivity index (χ3n) is 2.26. The van der Waals surface area contributed by atoms with Crippen LogP contribution in [0.25, 0.3) is 12.2 Å². The summed E-state index contributed by atoms with van der Waals surface area (Å²) in [6, 6.07) is 6.69. The van der Waals surface area contributed by atoms with Crippen LogP contribution in [-0.2, 0) is 0 Å². The summed E-state index contributed by atoms with van der Waals surface area (Å²) in [6.45, 7) is 2.81. The molecule has 1 aromatic carbocycles. The molecule has 0 heterocycles. The van der Waals surface area contributed by atoms with Gasteiger partial charge < -0.3 is 0 Å². The van der Waals surface area contributed by atoms with Crippen molar-refractivity contribution in [1.82, 2.24) is 0 Å². The van der Waals surface area contributed by atoms with Crippen LogP contribution in [0.3, 0.4) is 0 Å². The van der Waals surface area contributed by atoms with E-state index in [1.807, 2.05) is 0 Å². The normalized spacial score (nSPS) is 12.3. The average molecular weight is 248 g/mol. The van der Waals surface area contributed by atoms with Gasteiger partial charge in [0.05, 0.1) is 9.85 Å². The molecule has 0 spiro atoms. The molecular weight excluding hydrogens is 236 g/mol. The summed E-state index contributed by atoms with van der Waals surface area (Å²) in [4.78, 5) is 20.0. The van der Waals surface area contributed by atoms with Gasteiger partial charge in [-0.05, 0) is 11.1 Å². The summed E-state index contributed by atoms with van der Waals surface area (Å²) in [5.41, 5.74) is 1.44. The summed E-state index contributed by atoms with van der Waals surface area (Å²) in [6.07, 6.45) is 2.88. The molecule has 0 unspecified atom stereocenters. The number of rotatable bonds is 4. The smallest absolute Gasteiger partial charge is 0.243 e. The Balaban J connectivity index is 2.94. The van der Waals surface area contributed by atoms with Crippen molar-refractivity contribution in [1.29, 1.82) is 0 Å². The molecule has 1 rings (SSSR count). The molecule has 0 aliphatic rings. The predicted octanol–water partition coefficient (Wildman–Crippen LogP) is 2.96. The molecule has 18 heavy (non-hydrogen) atoms. The largest absolute Gasteiger partial charge is 0.259 e. The van der Waals surface area contributed by atoms with Gasteiger partial charge >= 0.3 is 0 Å². The van der Waals surface area contributed by atoms with Crippen molar-refractivity contribution < 1.29 is 9.85 Å². The number of nitrogens with zero attached hydrogens (tertiary/aromatic N) is 2. The van der Waals surface area contributed by atoms with E-state index < -0.39 is 9.85 Å². The molecule has 0 amide bonds. The van der Waals surface area contributed by atoms with Gasteiger partial charge in [0.15, 0.2) is 0 Å². The quantitative estimate of drug-likeness (QED) is 0.605. The Hall–Kier alpha value is -2.50. The van der Waals surface area contributed by atoms with Crippen molar-refractivity contribution in [3.63, 3.8) is 0 Å². The molecule has 1 aromatic rings. The van der Waals surface area contributed by atoms with Gasteiger partial charge in [0.2, 0.25) is 11.4 Å². The minimum atomic E-state index is -0.468. The summed E-state index contributed by atoms with van der Waals surface area (Å²) >= 11 is 0. The van der Waals surface area contributed by atoms with Crippen LogP contribution in [0.5, 0.6) is 0 Å². The van der Waals surface area contributed by atoms with E-state index in [0.717, 1.165) is 0 Å². The van der Waals surface area contributed by atoms with Crippen LogP contribution in [0.2, 0.25) is 0 Å².